The van der Waals surface area contributed by atoms with Gasteiger partial charge in [0.15, 0.2) is 0 Å². The molecule has 2 fully saturated rings. The number of nitrogens with one attached hydrogen (secondary N) is 1. The van der Waals surface area contributed by atoms with Gasteiger partial charge in [-0.2, -0.15) is 0 Å². The first-order chi connectivity index (χ1) is 15.4. The summed E-state index contributed by atoms with van der Waals surface area (Å²) < 4.78 is 29.2. The first-order valence-corrected chi connectivity index (χ1v) is 13.6. The number of sulfone groups is 1. The number of nitrogens with two attached hydrogens (primary N) is 1. The molecular formula is C23H27N3O4S2. The number of primary amides is 1. The number of benzene rings is 1. The molecule has 2 aliphatic heterocycles. The van der Waals surface area contributed by atoms with Crippen molar-refractivity contribution in [2.24, 2.45) is 5.73 Å². The number of hydrogen-bond donors (Lipinski definition) is 2. The lowest BCUT2D eigenvalue weighted by Crippen LogP contribution is -2.35. The fraction of sp³-hybridized carbons (Fsp3) is 0.435. The van der Waals surface area contributed by atoms with Gasteiger partial charge in [-0.3, -0.25) is 9.69 Å². The molecule has 0 bridgehead atoms. The number of ether oxygens (including phenoxy) is 1. The average molecular weight is 474 g/mol. The predicted molar refractivity (Wildman–Crippen MR) is 127 cm³/mol. The quantitative estimate of drug-likeness (QED) is 0.592. The molecule has 9 heteroatoms. The van der Waals surface area contributed by atoms with Crippen LogP contribution in [0.4, 0.5) is 0 Å². The van der Waals surface area contributed by atoms with Crippen molar-refractivity contribution in [2.45, 2.75) is 25.3 Å². The Balaban J connectivity index is 1.49. The number of thiophene rings is 1. The number of rotatable bonds is 5. The Kier molecular flexibility index (Phi) is 5.83. The maximum atomic E-state index is 12.2. The SMILES string of the molecule is NC(=O)c1cc(-c2csc(CN3CCOCC3)c2)cc2c(C3CCS(=O)(=O)CC3)c[nH]c12. The molecule has 7 nitrogen and oxygen atoms in total. The molecule has 0 unspecified atom stereocenters. The summed E-state index contributed by atoms with van der Waals surface area (Å²) >= 11 is 1.72. The number of aromatic nitrogens is 1. The maximum absolute atomic E-state index is 12.2. The zero-order valence-electron chi connectivity index (χ0n) is 17.8. The standard InChI is InChI=1S/C23H27N3O4S2/c24-23(27)20-11-16(17-9-18(31-14-17)13-26-3-5-30-6-4-26)10-19-21(12-25-22(19)20)15-1-7-32(28,29)8-2-15/h9-12,14-15,25H,1-8,13H2,(H2,24,27). The van der Waals surface area contributed by atoms with Crippen LogP contribution in [0, 0.1) is 0 Å². The molecule has 1 aromatic carbocycles. The van der Waals surface area contributed by atoms with E-state index in [1.807, 2.05) is 12.3 Å². The van der Waals surface area contributed by atoms with E-state index in [0.717, 1.165) is 60.4 Å². The van der Waals surface area contributed by atoms with Gasteiger partial charge in [-0.15, -0.1) is 11.3 Å². The number of nitrogens with zero attached hydrogens (tertiary/aromatic N) is 1. The zero-order chi connectivity index (χ0) is 22.3. The summed E-state index contributed by atoms with van der Waals surface area (Å²) in [6.07, 6.45) is 3.13. The van der Waals surface area contributed by atoms with Gasteiger partial charge in [0.1, 0.15) is 9.84 Å². The van der Waals surface area contributed by atoms with Gasteiger partial charge in [-0.25, -0.2) is 8.42 Å². The van der Waals surface area contributed by atoms with Crippen LogP contribution in [0.5, 0.6) is 0 Å². The summed E-state index contributed by atoms with van der Waals surface area (Å²) in [5, 5.41) is 3.09. The Morgan fingerprint density at radius 1 is 1.16 bits per heavy atom. The van der Waals surface area contributed by atoms with Crippen LogP contribution in [0.2, 0.25) is 0 Å². The highest BCUT2D eigenvalue weighted by molar-refractivity contribution is 7.91. The molecule has 0 saturated carbocycles. The minimum atomic E-state index is -2.94. The summed E-state index contributed by atoms with van der Waals surface area (Å²) in [6, 6.07) is 6.15. The minimum Gasteiger partial charge on any atom is -0.379 e. The molecule has 3 aromatic rings. The first-order valence-electron chi connectivity index (χ1n) is 10.9. The van der Waals surface area contributed by atoms with Gasteiger partial charge in [-0.05, 0) is 59.0 Å². The number of fused-ring (bicyclic) bond motifs is 1. The molecule has 2 aromatic heterocycles. The Bertz CT molecular complexity index is 1240. The highest BCUT2D eigenvalue weighted by Gasteiger charge is 2.27. The minimum absolute atomic E-state index is 0.155. The van der Waals surface area contributed by atoms with E-state index >= 15 is 0 Å². The van der Waals surface area contributed by atoms with Crippen molar-refractivity contribution in [2.75, 3.05) is 37.8 Å². The van der Waals surface area contributed by atoms with E-state index in [1.54, 1.807) is 11.3 Å². The predicted octanol–water partition coefficient (Wildman–Crippen LogP) is 3.12. The van der Waals surface area contributed by atoms with E-state index in [0.29, 0.717) is 18.4 Å². The van der Waals surface area contributed by atoms with Crippen molar-refractivity contribution in [3.8, 4) is 11.1 Å². The topological polar surface area (TPSA) is 105 Å². The second kappa shape index (κ2) is 8.62. The molecule has 0 spiro atoms. The second-order valence-corrected chi connectivity index (χ2v) is 12.0. The Labute approximate surface area is 191 Å². The van der Waals surface area contributed by atoms with E-state index < -0.39 is 15.7 Å². The van der Waals surface area contributed by atoms with Gasteiger partial charge in [0.25, 0.3) is 5.91 Å². The van der Waals surface area contributed by atoms with E-state index in [-0.39, 0.29) is 17.4 Å². The normalized spacial score (nSPS) is 20.0. The van der Waals surface area contributed by atoms with Crippen molar-refractivity contribution < 1.29 is 17.9 Å². The van der Waals surface area contributed by atoms with E-state index in [1.165, 1.54) is 4.88 Å². The molecule has 32 heavy (non-hydrogen) atoms. The molecule has 3 N–H and O–H groups in total. The lowest BCUT2D eigenvalue weighted by Gasteiger charge is -2.25. The third kappa shape index (κ3) is 4.34. The third-order valence-corrected chi connectivity index (χ3v) is 9.19. The van der Waals surface area contributed by atoms with Crippen LogP contribution in [0.25, 0.3) is 22.0 Å². The maximum Gasteiger partial charge on any atom is 0.250 e. The lowest BCUT2D eigenvalue weighted by atomic mass is 9.91. The van der Waals surface area contributed by atoms with Gasteiger partial charge in [-0.1, -0.05) is 0 Å². The Morgan fingerprint density at radius 2 is 1.91 bits per heavy atom. The second-order valence-electron chi connectivity index (χ2n) is 8.67. The van der Waals surface area contributed by atoms with Crippen molar-refractivity contribution in [1.29, 1.82) is 0 Å². The van der Waals surface area contributed by atoms with Crippen LogP contribution in [0.3, 0.4) is 0 Å². The van der Waals surface area contributed by atoms with Gasteiger partial charge < -0.3 is 15.5 Å². The molecule has 1 amide bonds. The van der Waals surface area contributed by atoms with Gasteiger partial charge in [0.05, 0.1) is 35.8 Å². The van der Waals surface area contributed by atoms with E-state index in [4.69, 9.17) is 10.5 Å². The van der Waals surface area contributed by atoms with Crippen molar-refractivity contribution in [1.82, 2.24) is 9.88 Å². The number of aromatic amines is 1. The monoisotopic (exact) mass is 473 g/mol. The summed E-state index contributed by atoms with van der Waals surface area (Å²) in [5.41, 5.74) is 10.0. The summed E-state index contributed by atoms with van der Waals surface area (Å²) in [4.78, 5) is 19.1. The number of carbonyl (C=O) groups excluding carboxylic acids is 1. The molecule has 0 radical (unpaired) electrons. The molecule has 0 atom stereocenters. The summed E-state index contributed by atoms with van der Waals surface area (Å²) in [5.74, 6) is 0.104. The molecular weight excluding hydrogens is 446 g/mol. The molecule has 2 aliphatic rings. The number of carbonyl (C=O) groups is 1. The van der Waals surface area contributed by atoms with Crippen molar-refractivity contribution in [3.05, 3.63) is 45.8 Å². The fourth-order valence-electron chi connectivity index (χ4n) is 4.75. The van der Waals surface area contributed by atoms with Crippen molar-refractivity contribution >= 4 is 38.0 Å². The van der Waals surface area contributed by atoms with Crippen LogP contribution in [0.1, 0.15) is 39.6 Å². The molecule has 5 rings (SSSR count). The van der Waals surface area contributed by atoms with Crippen LogP contribution < -0.4 is 5.73 Å². The highest BCUT2D eigenvalue weighted by Crippen LogP contribution is 2.38. The lowest BCUT2D eigenvalue weighted by molar-refractivity contribution is 0.0346. The van der Waals surface area contributed by atoms with E-state index in [2.05, 4.69) is 27.4 Å². The van der Waals surface area contributed by atoms with Gasteiger partial charge in [0.2, 0.25) is 0 Å². The Hall–Kier alpha value is -2.20. The molecule has 170 valence electrons. The summed E-state index contributed by atoms with van der Waals surface area (Å²) in [6.45, 7) is 4.32. The van der Waals surface area contributed by atoms with Crippen molar-refractivity contribution in [3.63, 3.8) is 0 Å². The largest absolute Gasteiger partial charge is 0.379 e. The van der Waals surface area contributed by atoms with Gasteiger partial charge >= 0.3 is 0 Å². The third-order valence-electron chi connectivity index (χ3n) is 6.55. The van der Waals surface area contributed by atoms with Crippen LogP contribution in [-0.4, -0.2) is 62.0 Å². The first kappa shape index (κ1) is 21.6. The molecule has 0 aliphatic carbocycles. The molecule has 4 heterocycles. The highest BCUT2D eigenvalue weighted by atomic mass is 32.2. The summed E-state index contributed by atoms with van der Waals surface area (Å²) in [7, 11) is -2.94. The Morgan fingerprint density at radius 3 is 2.62 bits per heavy atom. The number of hydrogen-bond acceptors (Lipinski definition) is 6. The van der Waals surface area contributed by atoms with Gasteiger partial charge in [0, 0.05) is 36.1 Å². The number of amides is 1. The van der Waals surface area contributed by atoms with Crippen LogP contribution in [0.15, 0.2) is 29.8 Å². The number of morpholine rings is 1. The van der Waals surface area contributed by atoms with Crippen LogP contribution in [-0.2, 0) is 21.1 Å². The molecule has 2 saturated heterocycles. The van der Waals surface area contributed by atoms with Crippen LogP contribution >= 0.6 is 11.3 Å². The fourth-order valence-corrected chi connectivity index (χ4v) is 7.17. The number of H-pyrrole nitrogens is 1. The zero-order valence-corrected chi connectivity index (χ0v) is 19.4. The average Bonchev–Trinajstić information content (AvgIpc) is 3.41. The van der Waals surface area contributed by atoms with E-state index in [9.17, 15) is 13.2 Å². The smallest absolute Gasteiger partial charge is 0.250 e.